The third-order valence-electron chi connectivity index (χ3n) is 3.86. The summed E-state index contributed by atoms with van der Waals surface area (Å²) in [5.74, 6) is 0.121. The van der Waals surface area contributed by atoms with Crippen molar-refractivity contribution in [2.24, 2.45) is 0 Å². The van der Waals surface area contributed by atoms with Crippen LogP contribution >= 0.6 is 7.52 Å². The lowest BCUT2D eigenvalue weighted by atomic mass is 10.3. The number of hydrogen-bond acceptors (Lipinski definition) is 9. The first-order chi connectivity index (χ1) is 14.0. The molecule has 0 spiro atoms. The summed E-state index contributed by atoms with van der Waals surface area (Å²) < 4.78 is 30.6. The molecule has 2 heterocycles. The second-order valence-corrected chi connectivity index (χ2v) is 8.00. The van der Waals surface area contributed by atoms with Crippen LogP contribution in [-0.4, -0.2) is 52.1 Å². The van der Waals surface area contributed by atoms with Gasteiger partial charge < -0.3 is 24.3 Å². The number of imidazole rings is 1. The number of nitrogen functional groups attached to an aromatic ring is 1. The van der Waals surface area contributed by atoms with Crippen LogP contribution in [0.15, 0.2) is 43.0 Å². The van der Waals surface area contributed by atoms with Crippen LogP contribution < -0.4 is 15.3 Å². The maximum atomic E-state index is 13.1. The molecule has 1 atom stereocenters. The molecule has 0 aliphatic heterocycles. The smallest absolute Gasteiger partial charge is 0.342 e. The zero-order valence-electron chi connectivity index (χ0n) is 15.7. The minimum atomic E-state index is -3.51. The van der Waals surface area contributed by atoms with E-state index in [0.29, 0.717) is 29.3 Å². The Morgan fingerprint density at radius 1 is 1.24 bits per heavy atom. The lowest BCUT2D eigenvalue weighted by Gasteiger charge is -2.20. The lowest BCUT2D eigenvalue weighted by Crippen LogP contribution is -2.26. The molecule has 29 heavy (non-hydrogen) atoms. The Balaban J connectivity index is 1.60. The van der Waals surface area contributed by atoms with Gasteiger partial charge in [-0.05, 0) is 12.1 Å². The summed E-state index contributed by atoms with van der Waals surface area (Å²) >= 11 is 0. The number of rotatable bonds is 10. The molecule has 12 heteroatoms. The maximum Gasteiger partial charge on any atom is 0.342 e. The van der Waals surface area contributed by atoms with Gasteiger partial charge in [0, 0.05) is 6.54 Å². The van der Waals surface area contributed by atoms with E-state index in [1.165, 1.54) is 13.4 Å². The van der Waals surface area contributed by atoms with E-state index in [9.17, 15) is 9.36 Å². The van der Waals surface area contributed by atoms with Crippen molar-refractivity contribution in [3.05, 3.63) is 43.0 Å². The highest BCUT2D eigenvalue weighted by molar-refractivity contribution is 7.57. The van der Waals surface area contributed by atoms with E-state index in [0.717, 1.165) is 0 Å². The Labute approximate surface area is 166 Å². The number of hydrogen-bond donors (Lipinski definition) is 2. The van der Waals surface area contributed by atoms with Gasteiger partial charge in [-0.3, -0.25) is 9.36 Å². The number of para-hydroxylation sites is 1. The first-order valence-corrected chi connectivity index (χ1v) is 10.5. The van der Waals surface area contributed by atoms with Crippen molar-refractivity contribution in [2.45, 2.75) is 6.54 Å². The molecule has 0 saturated heterocycles. The fourth-order valence-electron chi connectivity index (χ4n) is 2.42. The van der Waals surface area contributed by atoms with Gasteiger partial charge in [0.2, 0.25) is 0 Å². The molecule has 0 aliphatic rings. The Morgan fingerprint density at radius 3 is 2.79 bits per heavy atom. The highest BCUT2D eigenvalue weighted by Gasteiger charge is 2.26. The molecule has 3 N–H and O–H groups in total. The molecule has 0 fully saturated rings. The zero-order chi connectivity index (χ0) is 20.7. The fourth-order valence-corrected chi connectivity index (χ4v) is 3.83. The molecule has 0 saturated carbocycles. The lowest BCUT2D eigenvalue weighted by molar-refractivity contribution is -0.139. The minimum Gasteiger partial charge on any atom is -0.468 e. The largest absolute Gasteiger partial charge is 0.468 e. The summed E-state index contributed by atoms with van der Waals surface area (Å²) in [6, 6.07) is 8.63. The standard InChI is InChI=1S/C17H21N6O5P/c1-26-14(24)9-22-29(25,28-13-5-3-2-4-6-13)12-27-8-7-23-11-21-15-16(18)19-10-20-17(15)23/h2-6,10-11H,7-9,12H2,1H3,(H,22,25)(H2,18,19,20)/t29-/m1/s1. The van der Waals surface area contributed by atoms with Crippen LogP contribution in [0, 0.1) is 0 Å². The predicted molar refractivity (Wildman–Crippen MR) is 105 cm³/mol. The molecule has 11 nitrogen and oxygen atoms in total. The summed E-state index contributed by atoms with van der Waals surface area (Å²) in [6.45, 7) is 0.332. The summed E-state index contributed by atoms with van der Waals surface area (Å²) in [7, 11) is -2.27. The van der Waals surface area contributed by atoms with E-state index in [2.05, 4.69) is 24.8 Å². The van der Waals surface area contributed by atoms with Gasteiger partial charge >= 0.3 is 13.5 Å². The van der Waals surface area contributed by atoms with Gasteiger partial charge in [-0.15, -0.1) is 0 Å². The van der Waals surface area contributed by atoms with Crippen molar-refractivity contribution in [3.8, 4) is 5.75 Å². The van der Waals surface area contributed by atoms with E-state index in [1.807, 2.05) is 6.07 Å². The highest BCUT2D eigenvalue weighted by Crippen LogP contribution is 2.42. The Kier molecular flexibility index (Phi) is 6.76. The number of benzene rings is 1. The Bertz CT molecular complexity index is 1010. The van der Waals surface area contributed by atoms with E-state index in [4.69, 9.17) is 15.0 Å². The quantitative estimate of drug-likeness (QED) is 0.281. The van der Waals surface area contributed by atoms with Crippen molar-refractivity contribution in [1.82, 2.24) is 24.6 Å². The number of nitrogens with two attached hydrogens (primary N) is 1. The van der Waals surface area contributed by atoms with Gasteiger partial charge in [-0.2, -0.15) is 0 Å². The number of ether oxygens (including phenoxy) is 2. The third-order valence-corrected chi connectivity index (χ3v) is 5.52. The van der Waals surface area contributed by atoms with Crippen molar-refractivity contribution in [2.75, 3.05) is 32.3 Å². The topological polar surface area (TPSA) is 143 Å². The normalized spacial score (nSPS) is 13.1. The van der Waals surface area contributed by atoms with Gasteiger partial charge in [0.15, 0.2) is 11.5 Å². The summed E-state index contributed by atoms with van der Waals surface area (Å²) in [5.41, 5.74) is 6.85. The van der Waals surface area contributed by atoms with Crippen LogP contribution in [0.1, 0.15) is 0 Å². The molecule has 3 aromatic rings. The van der Waals surface area contributed by atoms with E-state index >= 15 is 0 Å². The number of nitrogens with zero attached hydrogens (tertiary/aromatic N) is 4. The van der Waals surface area contributed by atoms with Gasteiger partial charge in [-0.25, -0.2) is 20.0 Å². The van der Waals surface area contributed by atoms with Crippen LogP contribution in [-0.2, 0) is 25.4 Å². The monoisotopic (exact) mass is 420 g/mol. The van der Waals surface area contributed by atoms with Crippen LogP contribution in [0.2, 0.25) is 0 Å². The summed E-state index contributed by atoms with van der Waals surface area (Å²) in [6.07, 6.45) is 2.69. The third kappa shape index (κ3) is 5.50. The number of carbonyl (C=O) groups is 1. The number of fused-ring (bicyclic) bond motifs is 1. The number of esters is 1. The van der Waals surface area contributed by atoms with Crippen molar-refractivity contribution in [1.29, 1.82) is 0 Å². The highest BCUT2D eigenvalue weighted by atomic mass is 31.2. The Hall–Kier alpha value is -3.01. The molecule has 154 valence electrons. The van der Waals surface area contributed by atoms with Crippen molar-refractivity contribution >= 4 is 30.5 Å². The number of anilines is 1. The van der Waals surface area contributed by atoms with E-state index in [-0.39, 0.29) is 19.5 Å². The fraction of sp³-hybridized carbons (Fsp3) is 0.294. The first kappa shape index (κ1) is 20.7. The first-order valence-electron chi connectivity index (χ1n) is 8.65. The molecule has 1 aromatic carbocycles. The second-order valence-electron chi connectivity index (χ2n) is 5.90. The van der Waals surface area contributed by atoms with Crippen molar-refractivity contribution in [3.63, 3.8) is 0 Å². The molecule has 0 amide bonds. The number of methoxy groups -OCH3 is 1. The van der Waals surface area contributed by atoms with Gasteiger partial charge in [0.1, 0.15) is 30.5 Å². The van der Waals surface area contributed by atoms with Crippen LogP contribution in [0.4, 0.5) is 5.82 Å². The predicted octanol–water partition coefficient (Wildman–Crippen LogP) is 1.42. The number of nitrogens with one attached hydrogen (secondary N) is 1. The molecule has 0 aliphatic carbocycles. The summed E-state index contributed by atoms with van der Waals surface area (Å²) in [5, 5.41) is 2.60. The van der Waals surface area contributed by atoms with E-state index in [1.54, 1.807) is 35.2 Å². The van der Waals surface area contributed by atoms with Crippen LogP contribution in [0.25, 0.3) is 11.2 Å². The van der Waals surface area contributed by atoms with Gasteiger partial charge in [0.25, 0.3) is 0 Å². The molecule has 0 radical (unpaired) electrons. The van der Waals surface area contributed by atoms with Crippen LogP contribution in [0.5, 0.6) is 5.75 Å². The molecule has 2 aromatic heterocycles. The van der Waals surface area contributed by atoms with Crippen molar-refractivity contribution < 1.29 is 23.4 Å². The average molecular weight is 420 g/mol. The maximum absolute atomic E-state index is 13.1. The van der Waals surface area contributed by atoms with Gasteiger partial charge in [0.05, 0.1) is 20.0 Å². The average Bonchev–Trinajstić information content (AvgIpc) is 3.15. The van der Waals surface area contributed by atoms with Crippen LogP contribution in [0.3, 0.4) is 0 Å². The molecular formula is C17H21N6O5P. The zero-order valence-corrected chi connectivity index (χ0v) is 16.6. The molecule has 0 bridgehead atoms. The second kappa shape index (κ2) is 9.46. The number of carbonyl (C=O) groups excluding carboxylic acids is 1. The summed E-state index contributed by atoms with van der Waals surface area (Å²) in [4.78, 5) is 23.6. The molecule has 3 rings (SSSR count). The van der Waals surface area contributed by atoms with Gasteiger partial charge in [-0.1, -0.05) is 18.2 Å². The minimum absolute atomic E-state index is 0.206. The van der Waals surface area contributed by atoms with E-state index < -0.39 is 13.5 Å². The SMILES string of the molecule is COC(=O)CN[P@@](=O)(COCCn1cnc2c(N)ncnc21)Oc1ccccc1. The molecular weight excluding hydrogens is 399 g/mol. The Morgan fingerprint density at radius 2 is 2.03 bits per heavy atom. The molecule has 0 unspecified atom stereocenters. The number of aromatic nitrogens is 4.